The molecule has 4 aromatic carbocycles. The number of carbonyl (C=O) groups is 2. The maximum Gasteiger partial charge on any atom is 0.196 e. The molecule has 4 rings (SSSR count). The monoisotopic (exact) mass is 485 g/mol. The molecule has 0 unspecified atom stereocenters. The number of anilines is 1. The molecule has 176 valence electrons. The number of hydrogen-bond donors (Lipinski definition) is 2. The molecule has 0 aliphatic rings. The normalized spacial score (nSPS) is 11.5. The molecule has 35 heavy (non-hydrogen) atoms. The number of nitrogens with one attached hydrogen (secondary N) is 1. The highest BCUT2D eigenvalue weighted by atomic mass is 35.5. The maximum absolute atomic E-state index is 12.9. The fourth-order valence-corrected chi connectivity index (χ4v) is 3.78. The Labute approximate surface area is 209 Å². The lowest BCUT2D eigenvalue weighted by atomic mass is 10.0. The summed E-state index contributed by atoms with van der Waals surface area (Å²) in [6.07, 6.45) is -0.898. The Balaban J connectivity index is 1.41. The second kappa shape index (κ2) is 11.5. The summed E-state index contributed by atoms with van der Waals surface area (Å²) in [5, 5.41) is 14.1. The van der Waals surface area contributed by atoms with Crippen molar-refractivity contribution in [1.29, 1.82) is 0 Å². The van der Waals surface area contributed by atoms with Crippen LogP contribution in [0.1, 0.15) is 31.8 Å². The van der Waals surface area contributed by atoms with Crippen LogP contribution >= 0.6 is 11.6 Å². The zero-order valence-electron chi connectivity index (χ0n) is 18.9. The van der Waals surface area contributed by atoms with Crippen molar-refractivity contribution >= 4 is 28.9 Å². The average Bonchev–Trinajstić information content (AvgIpc) is 2.91. The van der Waals surface area contributed by atoms with Crippen molar-refractivity contribution in [3.63, 3.8) is 0 Å². The summed E-state index contributed by atoms with van der Waals surface area (Å²) < 4.78 is 5.80. The summed E-state index contributed by atoms with van der Waals surface area (Å²) in [5.41, 5.74) is 2.56. The molecule has 5 nitrogen and oxygen atoms in total. The van der Waals surface area contributed by atoms with Gasteiger partial charge in [-0.05, 0) is 30.3 Å². The van der Waals surface area contributed by atoms with Crippen molar-refractivity contribution in [2.75, 3.05) is 18.5 Å². The zero-order chi connectivity index (χ0) is 24.6. The highest BCUT2D eigenvalue weighted by molar-refractivity contribution is 6.31. The summed E-state index contributed by atoms with van der Waals surface area (Å²) in [6.45, 7) is 0.0904. The molecule has 4 aromatic rings. The van der Waals surface area contributed by atoms with Gasteiger partial charge in [0.1, 0.15) is 18.5 Å². The topological polar surface area (TPSA) is 75.6 Å². The van der Waals surface area contributed by atoms with E-state index in [2.05, 4.69) is 5.32 Å². The number of rotatable bonds is 10. The van der Waals surface area contributed by atoms with Gasteiger partial charge >= 0.3 is 0 Å². The number of para-hydroxylation sites is 1. The van der Waals surface area contributed by atoms with E-state index in [1.54, 1.807) is 72.8 Å². The minimum atomic E-state index is -0.898. The third kappa shape index (κ3) is 6.15. The number of aliphatic hydroxyl groups excluding tert-OH is 1. The van der Waals surface area contributed by atoms with Crippen LogP contribution in [0.4, 0.5) is 5.69 Å². The van der Waals surface area contributed by atoms with Gasteiger partial charge in [-0.1, -0.05) is 84.4 Å². The molecule has 0 saturated heterocycles. The maximum atomic E-state index is 12.9. The Bertz CT molecular complexity index is 1310. The van der Waals surface area contributed by atoms with Crippen LogP contribution < -0.4 is 10.1 Å². The SMILES string of the molecule is O=C(c1ccccc1)c1ccccc1NC[C@@H](O)COc1ccc(Cl)cc1C(=O)c1ccccc1. The first-order valence-electron chi connectivity index (χ1n) is 11.2. The Morgan fingerprint density at radius 2 is 1.34 bits per heavy atom. The molecule has 6 heteroatoms. The largest absolute Gasteiger partial charge is 0.490 e. The Morgan fingerprint density at radius 1 is 0.771 bits per heavy atom. The van der Waals surface area contributed by atoms with Crippen molar-refractivity contribution in [1.82, 2.24) is 0 Å². The fraction of sp³-hybridized carbons (Fsp3) is 0.103. The van der Waals surface area contributed by atoms with E-state index in [1.165, 1.54) is 0 Å². The second-order valence-electron chi connectivity index (χ2n) is 7.92. The van der Waals surface area contributed by atoms with Gasteiger partial charge in [-0.15, -0.1) is 0 Å². The summed E-state index contributed by atoms with van der Waals surface area (Å²) in [7, 11) is 0. The van der Waals surface area contributed by atoms with Crippen LogP contribution in [0.15, 0.2) is 103 Å². The Hall–Kier alpha value is -3.93. The number of halogens is 1. The lowest BCUT2D eigenvalue weighted by Gasteiger charge is -2.17. The van der Waals surface area contributed by atoms with Crippen molar-refractivity contribution < 1.29 is 19.4 Å². The van der Waals surface area contributed by atoms with E-state index in [1.807, 2.05) is 30.3 Å². The number of ether oxygens (including phenoxy) is 1. The number of benzene rings is 4. The van der Waals surface area contributed by atoms with Crippen molar-refractivity contribution in [3.05, 3.63) is 130 Å². The second-order valence-corrected chi connectivity index (χ2v) is 8.36. The van der Waals surface area contributed by atoms with Gasteiger partial charge in [-0.3, -0.25) is 9.59 Å². The van der Waals surface area contributed by atoms with E-state index in [9.17, 15) is 14.7 Å². The third-order valence-electron chi connectivity index (χ3n) is 5.39. The number of carbonyl (C=O) groups excluding carboxylic acids is 2. The van der Waals surface area contributed by atoms with E-state index in [-0.39, 0.29) is 24.7 Å². The first kappa shape index (κ1) is 24.2. The Morgan fingerprint density at radius 3 is 2.00 bits per heavy atom. The molecule has 0 fully saturated rings. The number of aliphatic hydroxyl groups is 1. The van der Waals surface area contributed by atoms with Crippen molar-refractivity contribution in [2.24, 2.45) is 0 Å². The van der Waals surface area contributed by atoms with Gasteiger partial charge in [-0.2, -0.15) is 0 Å². The van der Waals surface area contributed by atoms with E-state index < -0.39 is 6.10 Å². The molecule has 0 amide bonds. The molecule has 0 bridgehead atoms. The van der Waals surface area contributed by atoms with Crippen LogP contribution in [-0.2, 0) is 0 Å². The van der Waals surface area contributed by atoms with E-state index in [0.717, 1.165) is 0 Å². The minimum Gasteiger partial charge on any atom is -0.490 e. The predicted molar refractivity (Wildman–Crippen MR) is 138 cm³/mol. The van der Waals surface area contributed by atoms with Crippen molar-refractivity contribution in [2.45, 2.75) is 6.10 Å². The lowest BCUT2D eigenvalue weighted by molar-refractivity contribution is 0.101. The zero-order valence-corrected chi connectivity index (χ0v) is 19.6. The molecule has 0 saturated carbocycles. The summed E-state index contributed by atoms with van der Waals surface area (Å²) in [4.78, 5) is 25.8. The van der Waals surface area contributed by atoms with Crippen LogP contribution in [0.25, 0.3) is 0 Å². The highest BCUT2D eigenvalue weighted by Gasteiger charge is 2.17. The summed E-state index contributed by atoms with van der Waals surface area (Å²) >= 11 is 6.12. The van der Waals surface area contributed by atoms with Gasteiger partial charge in [0.25, 0.3) is 0 Å². The van der Waals surface area contributed by atoms with Crippen molar-refractivity contribution in [3.8, 4) is 5.75 Å². The van der Waals surface area contributed by atoms with Gasteiger partial charge in [-0.25, -0.2) is 0 Å². The van der Waals surface area contributed by atoms with E-state index >= 15 is 0 Å². The van der Waals surface area contributed by atoms with Crippen LogP contribution in [0.2, 0.25) is 5.02 Å². The molecule has 0 aliphatic carbocycles. The molecule has 0 heterocycles. The Kier molecular flexibility index (Phi) is 7.93. The van der Waals surface area contributed by atoms with Gasteiger partial charge in [0.2, 0.25) is 0 Å². The van der Waals surface area contributed by atoms with Crippen LogP contribution in [-0.4, -0.2) is 35.9 Å². The number of ketones is 2. The molecular formula is C29H24ClNO4. The first-order chi connectivity index (χ1) is 17.0. The van der Waals surface area contributed by atoms with Gasteiger partial charge < -0.3 is 15.2 Å². The smallest absolute Gasteiger partial charge is 0.196 e. The first-order valence-corrected chi connectivity index (χ1v) is 11.5. The van der Waals surface area contributed by atoms with E-state index in [0.29, 0.717) is 38.7 Å². The molecule has 0 aliphatic heterocycles. The highest BCUT2D eigenvalue weighted by Crippen LogP contribution is 2.26. The third-order valence-corrected chi connectivity index (χ3v) is 5.62. The molecule has 0 spiro atoms. The minimum absolute atomic E-state index is 0.0570. The fourth-order valence-electron chi connectivity index (χ4n) is 3.60. The average molecular weight is 486 g/mol. The predicted octanol–water partition coefficient (Wildman–Crippen LogP) is 5.65. The van der Waals surface area contributed by atoms with E-state index in [4.69, 9.17) is 16.3 Å². The van der Waals surface area contributed by atoms with Gasteiger partial charge in [0, 0.05) is 33.9 Å². The van der Waals surface area contributed by atoms with Gasteiger partial charge in [0.05, 0.1) is 5.56 Å². The number of hydrogen-bond acceptors (Lipinski definition) is 5. The standard InChI is InChI=1S/C29H24ClNO4/c30-22-15-16-27(25(17-22)29(34)21-11-5-2-6-12-21)35-19-23(32)18-31-26-14-8-7-13-24(26)28(33)20-9-3-1-4-10-20/h1-17,23,31-32H,18-19H2/t23-/m1/s1. The quantitative estimate of drug-likeness (QED) is 0.284. The molecule has 0 aromatic heterocycles. The van der Waals surface area contributed by atoms with Crippen LogP contribution in [0.3, 0.4) is 0 Å². The lowest BCUT2D eigenvalue weighted by Crippen LogP contribution is -2.27. The summed E-state index contributed by atoms with van der Waals surface area (Å²) in [5.74, 6) is 0.00990. The molecule has 1 atom stereocenters. The van der Waals surface area contributed by atoms with Crippen LogP contribution in [0.5, 0.6) is 5.75 Å². The van der Waals surface area contributed by atoms with Crippen LogP contribution in [0, 0.1) is 0 Å². The summed E-state index contributed by atoms with van der Waals surface area (Å²) in [6, 6.07) is 29.8. The van der Waals surface area contributed by atoms with Gasteiger partial charge in [0.15, 0.2) is 11.6 Å². The molecular weight excluding hydrogens is 462 g/mol. The molecule has 0 radical (unpaired) electrons. The molecule has 2 N–H and O–H groups in total.